The number of aromatic nitrogens is 4. The third-order valence-electron chi connectivity index (χ3n) is 11.8. The van der Waals surface area contributed by atoms with Gasteiger partial charge in [-0.25, -0.2) is 14.8 Å². The number of carbonyl (C=O) groups excluding carboxylic acids is 1. The van der Waals surface area contributed by atoms with Crippen LogP contribution >= 0.6 is 0 Å². The van der Waals surface area contributed by atoms with Crippen LogP contribution in [0.25, 0.3) is 44.4 Å². The molecule has 4 heterocycles. The van der Waals surface area contributed by atoms with Crippen LogP contribution in [0.1, 0.15) is 76.1 Å². The van der Waals surface area contributed by atoms with Gasteiger partial charge in [0.25, 0.3) is 0 Å². The van der Waals surface area contributed by atoms with Gasteiger partial charge in [0, 0.05) is 18.2 Å². The van der Waals surface area contributed by atoms with Crippen molar-refractivity contribution in [2.45, 2.75) is 76.5 Å². The second kappa shape index (κ2) is 11.8. The number of amides is 2. The molecule has 0 radical (unpaired) electrons. The molecule has 2 saturated carbocycles. The lowest BCUT2D eigenvalue weighted by Crippen LogP contribution is -2.51. The summed E-state index contributed by atoms with van der Waals surface area (Å²) in [6, 6.07) is 21.7. The van der Waals surface area contributed by atoms with Crippen molar-refractivity contribution < 1.29 is 14.7 Å². The number of fused-ring (bicyclic) bond motifs is 3. The quantitative estimate of drug-likeness (QED) is 0.116. The van der Waals surface area contributed by atoms with E-state index in [4.69, 9.17) is 9.97 Å². The number of piperidine rings is 1. The van der Waals surface area contributed by atoms with E-state index in [-0.39, 0.29) is 23.3 Å². The summed E-state index contributed by atoms with van der Waals surface area (Å²) in [7, 11) is 0. The summed E-state index contributed by atoms with van der Waals surface area (Å²) in [5.41, 5.74) is 6.55. The highest BCUT2D eigenvalue weighted by atomic mass is 16.4. The maximum Gasteiger partial charge on any atom is 0.405 e. The molecule has 256 valence electrons. The number of nitrogens with one attached hydrogen (secondary N) is 4. The molecular weight excluding hydrogens is 626 g/mol. The summed E-state index contributed by atoms with van der Waals surface area (Å²) < 4.78 is 0. The fourth-order valence-electron chi connectivity index (χ4n) is 8.79. The zero-order chi connectivity index (χ0) is 34.1. The number of aromatic amines is 2. The number of rotatable bonds is 8. The van der Waals surface area contributed by atoms with Crippen LogP contribution < -0.4 is 10.6 Å². The standard InChI is InChI=1S/C40H43N7O3/c1-22(2)34(46-39(49)50)38(48)47-21-40(13-14-40)18-33(47)36-41-20-32(44-36)28-10-9-26-15-25(7-8-27(26)16-28)23-3-5-24(6-4-23)31-19-42-37(45-31)35-29-11-12-30(17-29)43-35/h3-10,15-16,19-20,22,29-30,33-35,43,46H,11-14,17-18,21H2,1-2H3,(H,41,44)(H,42,45)(H,49,50)/t29-,30+,33-,34-,35-/m0/s1. The Morgan fingerprint density at radius 2 is 1.50 bits per heavy atom. The van der Waals surface area contributed by atoms with Gasteiger partial charge >= 0.3 is 6.09 Å². The Morgan fingerprint density at radius 1 is 0.860 bits per heavy atom. The van der Waals surface area contributed by atoms with Gasteiger partial charge in [-0.3, -0.25) is 4.79 Å². The van der Waals surface area contributed by atoms with Crippen LogP contribution in [0.15, 0.2) is 73.1 Å². The third kappa shape index (κ3) is 5.55. The Hall–Kier alpha value is -4.96. The fourth-order valence-corrected chi connectivity index (χ4v) is 8.79. The lowest BCUT2D eigenvalue weighted by Gasteiger charge is -2.29. The lowest BCUT2D eigenvalue weighted by atomic mass is 9.98. The molecule has 0 unspecified atom stereocenters. The van der Waals surface area contributed by atoms with Crippen molar-refractivity contribution in [1.29, 1.82) is 0 Å². The molecule has 2 amide bonds. The molecule has 2 aliphatic carbocycles. The highest BCUT2D eigenvalue weighted by Crippen LogP contribution is 2.58. The van der Waals surface area contributed by atoms with Crippen LogP contribution in [0.5, 0.6) is 0 Å². The minimum absolute atomic E-state index is 0.119. The van der Waals surface area contributed by atoms with Gasteiger partial charge in [-0.15, -0.1) is 0 Å². The smallest absolute Gasteiger partial charge is 0.405 e. The Bertz CT molecular complexity index is 2100. The summed E-state index contributed by atoms with van der Waals surface area (Å²) >= 11 is 0. The summed E-state index contributed by atoms with van der Waals surface area (Å²) in [5, 5.41) is 17.9. The molecule has 10 nitrogen and oxygen atoms in total. The van der Waals surface area contributed by atoms with Crippen LogP contribution in [0.2, 0.25) is 0 Å². The van der Waals surface area contributed by atoms with E-state index in [1.165, 1.54) is 19.3 Å². The molecule has 5 aromatic rings. The first kappa shape index (κ1) is 31.1. The van der Waals surface area contributed by atoms with Crippen molar-refractivity contribution in [2.24, 2.45) is 17.3 Å². The van der Waals surface area contributed by atoms with Crippen molar-refractivity contribution in [3.8, 4) is 33.6 Å². The summed E-state index contributed by atoms with van der Waals surface area (Å²) in [5.74, 6) is 2.17. The molecule has 2 aliphatic heterocycles. The molecule has 5 atom stereocenters. The number of hydrogen-bond acceptors (Lipinski definition) is 5. The fraction of sp³-hybridized carbons (Fsp3) is 0.400. The van der Waals surface area contributed by atoms with Crippen LogP contribution in [0.4, 0.5) is 4.79 Å². The number of imidazole rings is 2. The SMILES string of the molecule is CC(C)[C@H](NC(=O)O)C(=O)N1CC2(CC2)C[C@H]1c1ncc(-c2ccc3cc(-c4ccc(-c5cnc([C@H]6N[C@@H]7CC[C@H]6C7)[nH]5)cc4)ccc3c2)[nH]1. The van der Waals surface area contributed by atoms with Crippen molar-refractivity contribution >= 4 is 22.8 Å². The average Bonchev–Trinajstić information content (AvgIpc) is 3.76. The van der Waals surface area contributed by atoms with E-state index in [2.05, 4.69) is 81.3 Å². The van der Waals surface area contributed by atoms with Crippen molar-refractivity contribution in [3.05, 3.63) is 84.7 Å². The molecule has 9 rings (SSSR count). The van der Waals surface area contributed by atoms with Crippen molar-refractivity contribution in [3.63, 3.8) is 0 Å². The first-order chi connectivity index (χ1) is 24.2. The minimum atomic E-state index is -1.18. The normalized spacial score (nSPS) is 24.0. The molecule has 4 fully saturated rings. The number of carbonyl (C=O) groups is 2. The number of H-pyrrole nitrogens is 2. The lowest BCUT2D eigenvalue weighted by molar-refractivity contribution is -0.135. The van der Waals surface area contributed by atoms with Gasteiger partial charge in [-0.2, -0.15) is 0 Å². The zero-order valence-electron chi connectivity index (χ0n) is 28.4. The monoisotopic (exact) mass is 669 g/mol. The summed E-state index contributed by atoms with van der Waals surface area (Å²) in [4.78, 5) is 43.6. The Balaban J connectivity index is 0.915. The molecule has 1 spiro atoms. The Labute approximate surface area is 291 Å². The largest absolute Gasteiger partial charge is 0.465 e. The molecule has 3 aromatic carbocycles. The maximum atomic E-state index is 13.7. The van der Waals surface area contributed by atoms with E-state index in [9.17, 15) is 14.7 Å². The van der Waals surface area contributed by atoms with Gasteiger partial charge in [0.05, 0.1) is 35.9 Å². The van der Waals surface area contributed by atoms with E-state index >= 15 is 0 Å². The molecule has 50 heavy (non-hydrogen) atoms. The highest BCUT2D eigenvalue weighted by Gasteiger charge is 2.55. The predicted molar refractivity (Wildman–Crippen MR) is 192 cm³/mol. The highest BCUT2D eigenvalue weighted by molar-refractivity contribution is 5.91. The zero-order valence-corrected chi connectivity index (χ0v) is 28.4. The van der Waals surface area contributed by atoms with Crippen LogP contribution in [0.3, 0.4) is 0 Å². The van der Waals surface area contributed by atoms with Crippen molar-refractivity contribution in [2.75, 3.05) is 6.54 Å². The van der Waals surface area contributed by atoms with E-state index in [1.54, 1.807) is 0 Å². The van der Waals surface area contributed by atoms with E-state index < -0.39 is 12.1 Å². The van der Waals surface area contributed by atoms with Gasteiger partial charge in [0.2, 0.25) is 5.91 Å². The summed E-state index contributed by atoms with van der Waals surface area (Å²) in [6.45, 7) is 4.38. The van der Waals surface area contributed by atoms with Gasteiger partial charge in [-0.1, -0.05) is 62.4 Å². The molecule has 2 bridgehead atoms. The van der Waals surface area contributed by atoms with E-state index in [0.29, 0.717) is 24.5 Å². The molecular formula is C40H43N7O3. The number of nitrogens with zero attached hydrogens (tertiary/aromatic N) is 3. The second-order valence-corrected chi connectivity index (χ2v) is 15.5. The van der Waals surface area contributed by atoms with Crippen LogP contribution in [0, 0.1) is 17.3 Å². The first-order valence-electron chi connectivity index (χ1n) is 18.0. The summed E-state index contributed by atoms with van der Waals surface area (Å²) in [6.07, 6.45) is 9.49. The number of benzene rings is 3. The van der Waals surface area contributed by atoms with Crippen LogP contribution in [-0.2, 0) is 4.79 Å². The Kier molecular flexibility index (Phi) is 7.35. The van der Waals surface area contributed by atoms with Crippen molar-refractivity contribution in [1.82, 2.24) is 35.5 Å². The minimum Gasteiger partial charge on any atom is -0.465 e. The average molecular weight is 670 g/mol. The van der Waals surface area contributed by atoms with E-state index in [0.717, 1.165) is 75.3 Å². The molecule has 2 saturated heterocycles. The third-order valence-corrected chi connectivity index (χ3v) is 11.8. The first-order valence-corrected chi connectivity index (χ1v) is 18.0. The van der Waals surface area contributed by atoms with Gasteiger partial charge < -0.3 is 30.6 Å². The second-order valence-electron chi connectivity index (χ2n) is 15.5. The molecule has 4 aliphatic rings. The molecule has 2 aromatic heterocycles. The molecule has 5 N–H and O–H groups in total. The number of carboxylic acid groups (broad SMARTS) is 1. The number of hydrogen-bond donors (Lipinski definition) is 5. The topological polar surface area (TPSA) is 139 Å². The van der Waals surface area contributed by atoms with Gasteiger partial charge in [-0.05, 0) is 95.4 Å². The Morgan fingerprint density at radius 3 is 2.16 bits per heavy atom. The maximum absolute atomic E-state index is 13.7. The predicted octanol–water partition coefficient (Wildman–Crippen LogP) is 7.45. The van der Waals surface area contributed by atoms with Crippen LogP contribution in [-0.4, -0.2) is 60.6 Å². The van der Waals surface area contributed by atoms with Gasteiger partial charge in [0.15, 0.2) is 0 Å². The van der Waals surface area contributed by atoms with E-state index in [1.807, 2.05) is 31.1 Å². The van der Waals surface area contributed by atoms with Gasteiger partial charge in [0.1, 0.15) is 17.7 Å². The molecule has 10 heteroatoms. The number of likely N-dealkylation sites (tertiary alicyclic amines) is 1.